The normalized spacial score (nSPS) is 11.4. The van der Waals surface area contributed by atoms with Crippen LogP contribution in [0.2, 0.25) is 0 Å². The van der Waals surface area contributed by atoms with E-state index in [1.165, 1.54) is 24.3 Å². The summed E-state index contributed by atoms with van der Waals surface area (Å²) < 4.78 is 14.5. The van der Waals surface area contributed by atoms with Gasteiger partial charge in [0.2, 0.25) is 0 Å². The fraction of sp³-hybridized carbons (Fsp3) is 0.0714. The van der Waals surface area contributed by atoms with Crippen LogP contribution < -0.4 is 5.32 Å². The SMILES string of the molecule is CCC(=Cc1ccc(F)c(NC(=O)c2cc(-c3ccccc3)cc3ccccc23)c1)C(=O)O. The molecule has 0 aliphatic carbocycles. The average molecular weight is 439 g/mol. The number of rotatable bonds is 6. The van der Waals surface area contributed by atoms with Crippen molar-refractivity contribution in [3.05, 3.63) is 107 Å². The summed E-state index contributed by atoms with van der Waals surface area (Å²) in [6.45, 7) is 1.73. The zero-order chi connectivity index (χ0) is 23.4. The number of halogens is 1. The third-order valence-electron chi connectivity index (χ3n) is 5.45. The van der Waals surface area contributed by atoms with Crippen LogP contribution in [0.3, 0.4) is 0 Å². The summed E-state index contributed by atoms with van der Waals surface area (Å²) in [5, 5.41) is 13.6. The number of benzene rings is 4. The Morgan fingerprint density at radius 1 is 0.909 bits per heavy atom. The van der Waals surface area contributed by atoms with E-state index < -0.39 is 17.7 Å². The van der Waals surface area contributed by atoms with Crippen LogP contribution in [0.15, 0.2) is 90.5 Å². The zero-order valence-electron chi connectivity index (χ0n) is 18.0. The highest BCUT2D eigenvalue weighted by atomic mass is 19.1. The second-order valence-corrected chi connectivity index (χ2v) is 7.63. The predicted octanol–water partition coefficient (Wildman–Crippen LogP) is 6.78. The maximum atomic E-state index is 14.5. The molecule has 1 amide bonds. The van der Waals surface area contributed by atoms with E-state index in [1.54, 1.807) is 13.0 Å². The van der Waals surface area contributed by atoms with Crippen molar-refractivity contribution < 1.29 is 19.1 Å². The molecule has 0 fully saturated rings. The van der Waals surface area contributed by atoms with Crippen LogP contribution in [0.1, 0.15) is 29.3 Å². The average Bonchev–Trinajstić information content (AvgIpc) is 2.84. The summed E-state index contributed by atoms with van der Waals surface area (Å²) in [6.07, 6.45) is 1.80. The van der Waals surface area contributed by atoms with Crippen LogP contribution in [0.4, 0.5) is 10.1 Å². The minimum absolute atomic E-state index is 0.0104. The standard InChI is InChI=1S/C28H22FNO3/c1-2-19(28(32)33)14-18-12-13-25(29)26(15-18)30-27(31)24-17-22(20-8-4-3-5-9-20)16-21-10-6-7-11-23(21)24/h3-17H,2H2,1H3,(H,30,31)(H,32,33). The molecule has 4 aromatic carbocycles. The van der Waals surface area contributed by atoms with Gasteiger partial charge >= 0.3 is 5.97 Å². The summed E-state index contributed by atoms with van der Waals surface area (Å²) in [5.41, 5.74) is 2.95. The lowest BCUT2D eigenvalue weighted by molar-refractivity contribution is -0.132. The molecule has 0 heterocycles. The van der Waals surface area contributed by atoms with Gasteiger partial charge in [-0.05, 0) is 64.2 Å². The third kappa shape index (κ3) is 4.83. The molecule has 164 valence electrons. The van der Waals surface area contributed by atoms with E-state index in [9.17, 15) is 19.1 Å². The van der Waals surface area contributed by atoms with E-state index in [1.807, 2.05) is 60.7 Å². The molecule has 0 saturated carbocycles. The lowest BCUT2D eigenvalue weighted by Gasteiger charge is -2.12. The minimum atomic E-state index is -1.03. The first-order chi connectivity index (χ1) is 16.0. The number of carboxylic acid groups (broad SMARTS) is 1. The van der Waals surface area contributed by atoms with Crippen molar-refractivity contribution in [1.82, 2.24) is 0 Å². The van der Waals surface area contributed by atoms with E-state index in [4.69, 9.17) is 0 Å². The Morgan fingerprint density at radius 2 is 1.64 bits per heavy atom. The van der Waals surface area contributed by atoms with Crippen molar-refractivity contribution in [2.45, 2.75) is 13.3 Å². The van der Waals surface area contributed by atoms with E-state index >= 15 is 0 Å². The van der Waals surface area contributed by atoms with E-state index in [2.05, 4.69) is 5.32 Å². The molecule has 33 heavy (non-hydrogen) atoms. The van der Waals surface area contributed by atoms with Crippen molar-refractivity contribution in [1.29, 1.82) is 0 Å². The fourth-order valence-electron chi connectivity index (χ4n) is 3.73. The molecule has 0 spiro atoms. The Bertz CT molecular complexity index is 1380. The Morgan fingerprint density at radius 3 is 2.36 bits per heavy atom. The highest BCUT2D eigenvalue weighted by molar-refractivity contribution is 6.14. The van der Waals surface area contributed by atoms with Gasteiger partial charge in [0.1, 0.15) is 5.82 Å². The molecule has 0 aliphatic heterocycles. The minimum Gasteiger partial charge on any atom is -0.478 e. The molecule has 4 rings (SSSR count). The summed E-state index contributed by atoms with van der Waals surface area (Å²) in [5.74, 6) is -2.08. The smallest absolute Gasteiger partial charge is 0.331 e. The van der Waals surface area contributed by atoms with Gasteiger partial charge in [-0.3, -0.25) is 4.79 Å². The molecule has 0 saturated heterocycles. The molecule has 0 unspecified atom stereocenters. The second kappa shape index (κ2) is 9.49. The van der Waals surface area contributed by atoms with Crippen molar-refractivity contribution in [3.8, 4) is 11.1 Å². The molecule has 0 atom stereocenters. The third-order valence-corrected chi connectivity index (χ3v) is 5.45. The molecule has 0 bridgehead atoms. The first-order valence-electron chi connectivity index (χ1n) is 10.6. The molecule has 0 aliphatic rings. The molecule has 0 aromatic heterocycles. The van der Waals surface area contributed by atoms with Crippen LogP contribution in [0.5, 0.6) is 0 Å². The lowest BCUT2D eigenvalue weighted by atomic mass is 9.96. The number of anilines is 1. The quantitative estimate of drug-likeness (QED) is 0.326. The molecule has 0 radical (unpaired) electrons. The first kappa shape index (κ1) is 22.0. The van der Waals surface area contributed by atoms with Crippen LogP contribution in [0.25, 0.3) is 28.0 Å². The Hall–Kier alpha value is -4.25. The van der Waals surface area contributed by atoms with Gasteiger partial charge in [-0.1, -0.05) is 67.6 Å². The molecule has 4 nitrogen and oxygen atoms in total. The summed E-state index contributed by atoms with van der Waals surface area (Å²) in [6, 6.07) is 25.2. The topological polar surface area (TPSA) is 66.4 Å². The van der Waals surface area contributed by atoms with Gasteiger partial charge < -0.3 is 10.4 Å². The zero-order valence-corrected chi connectivity index (χ0v) is 18.0. The number of carboxylic acids is 1. The maximum Gasteiger partial charge on any atom is 0.331 e. The predicted molar refractivity (Wildman–Crippen MR) is 130 cm³/mol. The van der Waals surface area contributed by atoms with Crippen LogP contribution in [-0.2, 0) is 4.79 Å². The first-order valence-corrected chi connectivity index (χ1v) is 10.6. The summed E-state index contributed by atoms with van der Waals surface area (Å²) in [4.78, 5) is 24.6. The number of hydrogen-bond acceptors (Lipinski definition) is 2. The van der Waals surface area contributed by atoms with Gasteiger partial charge in [-0.15, -0.1) is 0 Å². The lowest BCUT2D eigenvalue weighted by Crippen LogP contribution is -2.14. The maximum absolute atomic E-state index is 14.5. The molecular formula is C28H22FNO3. The molecule has 5 heteroatoms. The second-order valence-electron chi connectivity index (χ2n) is 7.63. The highest BCUT2D eigenvalue weighted by Crippen LogP contribution is 2.29. The van der Waals surface area contributed by atoms with Gasteiger partial charge in [0.15, 0.2) is 0 Å². The van der Waals surface area contributed by atoms with Crippen molar-refractivity contribution in [3.63, 3.8) is 0 Å². The number of carbonyl (C=O) groups excluding carboxylic acids is 1. The monoisotopic (exact) mass is 439 g/mol. The van der Waals surface area contributed by atoms with Gasteiger partial charge in [0.05, 0.1) is 5.69 Å². The molecule has 2 N–H and O–H groups in total. The Balaban J connectivity index is 1.74. The van der Waals surface area contributed by atoms with Crippen molar-refractivity contribution >= 4 is 34.4 Å². The Kier molecular flexibility index (Phi) is 6.31. The van der Waals surface area contributed by atoms with Gasteiger partial charge in [-0.2, -0.15) is 0 Å². The van der Waals surface area contributed by atoms with E-state index in [0.29, 0.717) is 17.5 Å². The van der Waals surface area contributed by atoms with Crippen LogP contribution in [0, 0.1) is 5.82 Å². The fourth-order valence-corrected chi connectivity index (χ4v) is 3.73. The summed E-state index contributed by atoms with van der Waals surface area (Å²) in [7, 11) is 0. The number of hydrogen-bond donors (Lipinski definition) is 2. The largest absolute Gasteiger partial charge is 0.478 e. The number of amides is 1. The van der Waals surface area contributed by atoms with Crippen molar-refractivity contribution in [2.75, 3.05) is 5.32 Å². The number of fused-ring (bicyclic) bond motifs is 1. The number of aliphatic carboxylic acids is 1. The van der Waals surface area contributed by atoms with Gasteiger partial charge in [-0.25, -0.2) is 9.18 Å². The number of nitrogens with one attached hydrogen (secondary N) is 1. The van der Waals surface area contributed by atoms with Crippen LogP contribution in [-0.4, -0.2) is 17.0 Å². The number of carbonyl (C=O) groups is 2. The van der Waals surface area contributed by atoms with E-state index in [-0.39, 0.29) is 11.3 Å². The van der Waals surface area contributed by atoms with Gasteiger partial charge in [0, 0.05) is 11.1 Å². The van der Waals surface area contributed by atoms with Gasteiger partial charge in [0.25, 0.3) is 5.91 Å². The van der Waals surface area contributed by atoms with E-state index in [0.717, 1.165) is 21.9 Å². The summed E-state index contributed by atoms with van der Waals surface area (Å²) >= 11 is 0. The van der Waals surface area contributed by atoms with Crippen LogP contribution >= 0.6 is 0 Å². The Labute approximate surface area is 191 Å². The molecular weight excluding hydrogens is 417 g/mol. The van der Waals surface area contributed by atoms with Crippen molar-refractivity contribution in [2.24, 2.45) is 0 Å². The molecule has 4 aromatic rings. The highest BCUT2D eigenvalue weighted by Gasteiger charge is 2.15.